The maximum Gasteiger partial charge on any atom is 0.226 e. The molecule has 0 aromatic carbocycles. The van der Waals surface area contributed by atoms with Crippen molar-refractivity contribution in [1.82, 2.24) is 9.97 Å². The second kappa shape index (κ2) is 7.07. The van der Waals surface area contributed by atoms with Gasteiger partial charge in [-0.1, -0.05) is 20.3 Å². The molecule has 2 aromatic heterocycles. The summed E-state index contributed by atoms with van der Waals surface area (Å²) < 4.78 is 0. The lowest BCUT2D eigenvalue weighted by molar-refractivity contribution is 0.483. The third kappa shape index (κ3) is 4.06. The van der Waals surface area contributed by atoms with Crippen molar-refractivity contribution in [1.29, 1.82) is 0 Å². The van der Waals surface area contributed by atoms with Crippen LogP contribution in [0.3, 0.4) is 0 Å². The van der Waals surface area contributed by atoms with Crippen molar-refractivity contribution in [2.75, 3.05) is 17.2 Å². The molecule has 2 aromatic rings. The minimum absolute atomic E-state index is 0.410. The van der Waals surface area contributed by atoms with E-state index in [0.717, 1.165) is 34.9 Å². The van der Waals surface area contributed by atoms with Crippen LogP contribution in [0.4, 0.5) is 11.8 Å². The molecule has 0 bridgehead atoms. The minimum atomic E-state index is 0.410. The van der Waals surface area contributed by atoms with E-state index in [1.165, 1.54) is 11.3 Å². The summed E-state index contributed by atoms with van der Waals surface area (Å²) in [6.45, 7) is 11.8. The van der Waals surface area contributed by atoms with Gasteiger partial charge < -0.3 is 10.6 Å². The number of thiophene rings is 1. The predicted octanol–water partition coefficient (Wildman–Crippen LogP) is 4.67. The van der Waals surface area contributed by atoms with E-state index in [2.05, 4.69) is 61.3 Å². The molecular formula is C16H26N4S. The summed E-state index contributed by atoms with van der Waals surface area (Å²) in [6.07, 6.45) is 2.37. The summed E-state index contributed by atoms with van der Waals surface area (Å²) in [5.41, 5.74) is 0. The summed E-state index contributed by atoms with van der Waals surface area (Å²) in [4.78, 5) is 11.6. The molecule has 21 heavy (non-hydrogen) atoms. The fourth-order valence-corrected chi connectivity index (χ4v) is 3.33. The number of nitrogens with zero attached hydrogens (tertiary/aromatic N) is 2. The Morgan fingerprint density at radius 2 is 2.00 bits per heavy atom. The van der Waals surface area contributed by atoms with Crippen LogP contribution >= 0.6 is 11.3 Å². The van der Waals surface area contributed by atoms with Gasteiger partial charge in [0.2, 0.25) is 5.95 Å². The number of aryl methyl sites for hydroxylation is 1. The summed E-state index contributed by atoms with van der Waals surface area (Å²) >= 11 is 1.72. The van der Waals surface area contributed by atoms with Crippen molar-refractivity contribution in [3.05, 3.63) is 10.9 Å². The first-order valence-electron chi connectivity index (χ1n) is 7.82. The average molecular weight is 306 g/mol. The van der Waals surface area contributed by atoms with E-state index >= 15 is 0 Å². The highest BCUT2D eigenvalue weighted by Crippen LogP contribution is 2.30. The lowest BCUT2D eigenvalue weighted by Gasteiger charge is -2.19. The molecule has 2 unspecified atom stereocenters. The summed E-state index contributed by atoms with van der Waals surface area (Å²) in [6, 6.07) is 2.58. The van der Waals surface area contributed by atoms with Crippen LogP contribution in [-0.4, -0.2) is 22.6 Å². The van der Waals surface area contributed by atoms with Crippen molar-refractivity contribution in [3.8, 4) is 0 Å². The maximum absolute atomic E-state index is 4.65. The van der Waals surface area contributed by atoms with Crippen molar-refractivity contribution < 1.29 is 0 Å². The quantitative estimate of drug-likeness (QED) is 0.780. The summed E-state index contributed by atoms with van der Waals surface area (Å²) in [5.74, 6) is 2.39. The van der Waals surface area contributed by atoms with Crippen LogP contribution in [0.2, 0.25) is 0 Å². The number of hydrogen-bond acceptors (Lipinski definition) is 5. The standard InChI is InChI=1S/C16H26N4S/c1-6-10(3)8-11(4)18-14-13-9-12(5)21-15(13)20-16(19-14)17-7-2/h9-11H,6-8H2,1-5H3,(H2,17,18,19,20). The Bertz CT molecular complexity index is 593. The fraction of sp³-hybridized carbons (Fsp3) is 0.625. The van der Waals surface area contributed by atoms with Gasteiger partial charge in [0.25, 0.3) is 0 Å². The number of aromatic nitrogens is 2. The molecule has 0 saturated carbocycles. The van der Waals surface area contributed by atoms with Gasteiger partial charge in [0.15, 0.2) is 0 Å². The highest BCUT2D eigenvalue weighted by atomic mass is 32.1. The second-order valence-electron chi connectivity index (χ2n) is 5.80. The Balaban J connectivity index is 2.27. The molecule has 0 saturated heterocycles. The molecule has 0 aliphatic rings. The van der Waals surface area contributed by atoms with Crippen molar-refractivity contribution in [2.45, 2.75) is 53.5 Å². The molecule has 0 fully saturated rings. The predicted molar refractivity (Wildman–Crippen MR) is 93.5 cm³/mol. The highest BCUT2D eigenvalue weighted by molar-refractivity contribution is 7.18. The van der Waals surface area contributed by atoms with Crippen molar-refractivity contribution in [3.63, 3.8) is 0 Å². The molecule has 0 aliphatic heterocycles. The Morgan fingerprint density at radius 1 is 1.24 bits per heavy atom. The lowest BCUT2D eigenvalue weighted by Crippen LogP contribution is -2.19. The first-order valence-corrected chi connectivity index (χ1v) is 8.63. The van der Waals surface area contributed by atoms with Gasteiger partial charge in [-0.2, -0.15) is 4.98 Å². The van der Waals surface area contributed by atoms with E-state index in [0.29, 0.717) is 12.0 Å². The molecular weight excluding hydrogens is 280 g/mol. The number of rotatable bonds is 7. The van der Waals surface area contributed by atoms with Gasteiger partial charge in [-0.05, 0) is 39.2 Å². The largest absolute Gasteiger partial charge is 0.367 e. The Morgan fingerprint density at radius 3 is 2.67 bits per heavy atom. The van der Waals surface area contributed by atoms with Crippen LogP contribution in [-0.2, 0) is 0 Å². The first kappa shape index (κ1) is 16.0. The van der Waals surface area contributed by atoms with E-state index in [1.807, 2.05) is 0 Å². The zero-order valence-electron chi connectivity index (χ0n) is 13.7. The fourth-order valence-electron chi connectivity index (χ4n) is 2.45. The molecule has 0 radical (unpaired) electrons. The van der Waals surface area contributed by atoms with Gasteiger partial charge in [-0.25, -0.2) is 4.98 Å². The first-order chi connectivity index (χ1) is 10.0. The van der Waals surface area contributed by atoms with Crippen molar-refractivity contribution >= 4 is 33.3 Å². The van der Waals surface area contributed by atoms with E-state index in [-0.39, 0.29) is 0 Å². The van der Waals surface area contributed by atoms with Crippen LogP contribution < -0.4 is 10.6 Å². The summed E-state index contributed by atoms with van der Waals surface area (Å²) in [7, 11) is 0. The third-order valence-electron chi connectivity index (χ3n) is 3.69. The lowest BCUT2D eigenvalue weighted by atomic mass is 10.0. The molecule has 0 aliphatic carbocycles. The Kier molecular flexibility index (Phi) is 5.39. The molecule has 5 heteroatoms. The molecule has 2 rings (SSSR count). The van der Waals surface area contributed by atoms with Crippen LogP contribution in [0.5, 0.6) is 0 Å². The van der Waals surface area contributed by atoms with Crippen LogP contribution in [0.1, 0.15) is 45.4 Å². The smallest absolute Gasteiger partial charge is 0.226 e. The highest BCUT2D eigenvalue weighted by Gasteiger charge is 2.13. The molecule has 116 valence electrons. The zero-order valence-corrected chi connectivity index (χ0v) is 14.5. The number of nitrogens with one attached hydrogen (secondary N) is 2. The zero-order chi connectivity index (χ0) is 15.4. The maximum atomic E-state index is 4.65. The van der Waals surface area contributed by atoms with Crippen LogP contribution in [0.25, 0.3) is 10.2 Å². The molecule has 2 N–H and O–H groups in total. The monoisotopic (exact) mass is 306 g/mol. The van der Waals surface area contributed by atoms with Gasteiger partial charge in [-0.3, -0.25) is 0 Å². The van der Waals surface area contributed by atoms with E-state index in [1.54, 1.807) is 11.3 Å². The molecule has 4 nitrogen and oxygen atoms in total. The molecule has 2 heterocycles. The number of fused-ring (bicyclic) bond motifs is 1. The van der Waals surface area contributed by atoms with Crippen LogP contribution in [0.15, 0.2) is 6.07 Å². The topological polar surface area (TPSA) is 49.8 Å². The summed E-state index contributed by atoms with van der Waals surface area (Å²) in [5, 5.41) is 7.93. The Labute approximate surface area is 131 Å². The normalized spacial score (nSPS) is 14.1. The van der Waals surface area contributed by atoms with Gasteiger partial charge in [0.1, 0.15) is 10.6 Å². The second-order valence-corrected chi connectivity index (χ2v) is 7.03. The molecule has 0 amide bonds. The average Bonchev–Trinajstić information content (AvgIpc) is 2.79. The molecule has 0 spiro atoms. The van der Waals surface area contributed by atoms with Crippen LogP contribution in [0, 0.1) is 12.8 Å². The molecule has 2 atom stereocenters. The Hall–Kier alpha value is -1.36. The third-order valence-corrected chi connectivity index (χ3v) is 4.63. The van der Waals surface area contributed by atoms with E-state index in [9.17, 15) is 0 Å². The van der Waals surface area contributed by atoms with E-state index in [4.69, 9.17) is 0 Å². The van der Waals surface area contributed by atoms with Gasteiger partial charge in [-0.15, -0.1) is 11.3 Å². The van der Waals surface area contributed by atoms with Gasteiger partial charge in [0, 0.05) is 17.5 Å². The van der Waals surface area contributed by atoms with Crippen molar-refractivity contribution in [2.24, 2.45) is 5.92 Å². The number of hydrogen-bond donors (Lipinski definition) is 2. The van der Waals surface area contributed by atoms with E-state index < -0.39 is 0 Å². The van der Waals surface area contributed by atoms with Gasteiger partial charge >= 0.3 is 0 Å². The van der Waals surface area contributed by atoms with Gasteiger partial charge in [0.05, 0.1) is 5.39 Å². The number of anilines is 2. The minimum Gasteiger partial charge on any atom is -0.367 e. The SMILES string of the molecule is CCNc1nc(NC(C)CC(C)CC)c2cc(C)sc2n1.